The van der Waals surface area contributed by atoms with Gasteiger partial charge in [-0.15, -0.1) is 0 Å². The lowest BCUT2D eigenvalue weighted by Gasteiger charge is -2.15. The van der Waals surface area contributed by atoms with Crippen LogP contribution < -0.4 is 10.5 Å². The molecule has 0 aromatic carbocycles. The van der Waals surface area contributed by atoms with Crippen LogP contribution in [-0.4, -0.2) is 22.9 Å². The van der Waals surface area contributed by atoms with Crippen LogP contribution in [0.15, 0.2) is 12.4 Å². The molecule has 2 N–H and O–H groups in total. The van der Waals surface area contributed by atoms with E-state index in [2.05, 4.69) is 5.10 Å². The maximum atomic E-state index is 5.72. The number of ether oxygens (including phenoxy) is 1. The lowest BCUT2D eigenvalue weighted by Crippen LogP contribution is -2.27. The third kappa shape index (κ3) is 1.76. The number of nitrogens with two attached hydrogens (primary N) is 1. The third-order valence-corrected chi connectivity index (χ3v) is 1.99. The summed E-state index contributed by atoms with van der Waals surface area (Å²) < 4.78 is 6.81. The average molecular weight is 169 g/mol. The van der Waals surface area contributed by atoms with Gasteiger partial charge in [0.05, 0.1) is 25.5 Å². The first-order valence-corrected chi connectivity index (χ1v) is 3.99. The van der Waals surface area contributed by atoms with Crippen LogP contribution in [0.4, 0.5) is 0 Å². The summed E-state index contributed by atoms with van der Waals surface area (Å²) in [6.45, 7) is 3.98. The van der Waals surface area contributed by atoms with Crippen LogP contribution >= 0.6 is 0 Å². The van der Waals surface area contributed by atoms with Crippen LogP contribution in [0, 0.1) is 0 Å². The van der Waals surface area contributed by atoms with E-state index < -0.39 is 0 Å². The maximum absolute atomic E-state index is 5.72. The Kier molecular flexibility index (Phi) is 2.70. The molecule has 2 unspecified atom stereocenters. The molecule has 4 heteroatoms. The summed E-state index contributed by atoms with van der Waals surface area (Å²) in [5, 5.41) is 4.12. The Balaban J connectivity index is 2.74. The van der Waals surface area contributed by atoms with E-state index in [0.717, 1.165) is 5.75 Å². The van der Waals surface area contributed by atoms with Gasteiger partial charge in [-0.1, -0.05) is 0 Å². The molecule has 12 heavy (non-hydrogen) atoms. The molecule has 4 nitrogen and oxygen atoms in total. The second-order valence-electron chi connectivity index (χ2n) is 2.96. The van der Waals surface area contributed by atoms with Crippen molar-refractivity contribution in [3.8, 4) is 5.75 Å². The fourth-order valence-corrected chi connectivity index (χ4v) is 0.890. The molecule has 0 aliphatic rings. The zero-order valence-corrected chi connectivity index (χ0v) is 7.69. The molecule has 1 heterocycles. The molecule has 1 aromatic rings. The van der Waals surface area contributed by atoms with Gasteiger partial charge in [0.25, 0.3) is 0 Å². The number of rotatable bonds is 3. The summed E-state index contributed by atoms with van der Waals surface area (Å²) >= 11 is 0. The fraction of sp³-hybridized carbons (Fsp3) is 0.625. The summed E-state index contributed by atoms with van der Waals surface area (Å²) in [7, 11) is 1.62. The Bertz CT molecular complexity index is 244. The summed E-state index contributed by atoms with van der Waals surface area (Å²) in [4.78, 5) is 0. The Morgan fingerprint density at radius 2 is 2.25 bits per heavy atom. The molecule has 2 atom stereocenters. The molecule has 0 amide bonds. The van der Waals surface area contributed by atoms with Gasteiger partial charge in [0.2, 0.25) is 0 Å². The van der Waals surface area contributed by atoms with Gasteiger partial charge in [-0.25, -0.2) is 0 Å². The number of aromatic nitrogens is 2. The SMILES string of the molecule is COc1cnn(C(C)C(C)N)c1. The van der Waals surface area contributed by atoms with Crippen LogP contribution in [0.1, 0.15) is 19.9 Å². The van der Waals surface area contributed by atoms with Gasteiger partial charge in [-0.2, -0.15) is 5.10 Å². The quantitative estimate of drug-likeness (QED) is 0.728. The van der Waals surface area contributed by atoms with Crippen molar-refractivity contribution in [3.05, 3.63) is 12.4 Å². The molecule has 0 saturated carbocycles. The van der Waals surface area contributed by atoms with Crippen molar-refractivity contribution in [3.63, 3.8) is 0 Å². The van der Waals surface area contributed by atoms with Crippen molar-refractivity contribution >= 4 is 0 Å². The van der Waals surface area contributed by atoms with Crippen molar-refractivity contribution in [2.24, 2.45) is 5.73 Å². The van der Waals surface area contributed by atoms with Gasteiger partial charge < -0.3 is 10.5 Å². The molecular formula is C8H15N3O. The summed E-state index contributed by atoms with van der Waals surface area (Å²) in [5.41, 5.74) is 5.72. The second-order valence-corrected chi connectivity index (χ2v) is 2.96. The fourth-order valence-electron chi connectivity index (χ4n) is 0.890. The van der Waals surface area contributed by atoms with E-state index in [4.69, 9.17) is 10.5 Å². The number of hydrogen-bond acceptors (Lipinski definition) is 3. The van der Waals surface area contributed by atoms with Crippen LogP contribution in [-0.2, 0) is 0 Å². The van der Waals surface area contributed by atoms with Gasteiger partial charge in [0.1, 0.15) is 0 Å². The first-order chi connectivity index (χ1) is 5.65. The van der Waals surface area contributed by atoms with E-state index in [1.807, 2.05) is 24.7 Å². The van der Waals surface area contributed by atoms with E-state index in [9.17, 15) is 0 Å². The molecule has 0 fully saturated rings. The van der Waals surface area contributed by atoms with Crippen LogP contribution in [0.3, 0.4) is 0 Å². The zero-order chi connectivity index (χ0) is 9.14. The summed E-state index contributed by atoms with van der Waals surface area (Å²) in [5.74, 6) is 0.766. The lowest BCUT2D eigenvalue weighted by molar-refractivity contribution is 0.404. The van der Waals surface area contributed by atoms with E-state index in [1.165, 1.54) is 0 Å². The number of methoxy groups -OCH3 is 1. The van der Waals surface area contributed by atoms with Crippen molar-refractivity contribution in [2.75, 3.05) is 7.11 Å². The first-order valence-electron chi connectivity index (χ1n) is 3.99. The van der Waals surface area contributed by atoms with Gasteiger partial charge in [0.15, 0.2) is 5.75 Å². The molecule has 1 rings (SSSR count). The van der Waals surface area contributed by atoms with E-state index in [0.29, 0.717) is 0 Å². The Morgan fingerprint density at radius 3 is 2.67 bits per heavy atom. The standard InChI is InChI=1S/C8H15N3O/c1-6(9)7(2)11-5-8(12-3)4-10-11/h4-7H,9H2,1-3H3. The third-order valence-electron chi connectivity index (χ3n) is 1.99. The average Bonchev–Trinajstić information content (AvgIpc) is 2.50. The normalized spacial score (nSPS) is 15.7. The largest absolute Gasteiger partial charge is 0.493 e. The first kappa shape index (κ1) is 9.06. The van der Waals surface area contributed by atoms with Crippen molar-refractivity contribution < 1.29 is 4.74 Å². The van der Waals surface area contributed by atoms with Gasteiger partial charge in [0, 0.05) is 6.04 Å². The topological polar surface area (TPSA) is 53.1 Å². The maximum Gasteiger partial charge on any atom is 0.156 e. The molecule has 0 radical (unpaired) electrons. The number of nitrogens with zero attached hydrogens (tertiary/aromatic N) is 2. The van der Waals surface area contributed by atoms with E-state index >= 15 is 0 Å². The monoisotopic (exact) mass is 169 g/mol. The minimum atomic E-state index is 0.0922. The van der Waals surface area contributed by atoms with Gasteiger partial charge in [-0.3, -0.25) is 4.68 Å². The van der Waals surface area contributed by atoms with Crippen LogP contribution in [0.2, 0.25) is 0 Å². The predicted octanol–water partition coefficient (Wildman–Crippen LogP) is 0.800. The molecule has 0 aliphatic heterocycles. The second kappa shape index (κ2) is 3.58. The highest BCUT2D eigenvalue weighted by Crippen LogP contribution is 2.13. The lowest BCUT2D eigenvalue weighted by atomic mass is 10.2. The summed E-state index contributed by atoms with van der Waals surface area (Å²) in [6, 6.07) is 0.295. The Labute approximate surface area is 72.3 Å². The number of hydrogen-bond donors (Lipinski definition) is 1. The van der Waals surface area contributed by atoms with Crippen LogP contribution in [0.5, 0.6) is 5.75 Å². The van der Waals surface area contributed by atoms with Crippen molar-refractivity contribution in [1.29, 1.82) is 0 Å². The minimum Gasteiger partial charge on any atom is -0.493 e. The Hall–Kier alpha value is -1.03. The van der Waals surface area contributed by atoms with Gasteiger partial charge >= 0.3 is 0 Å². The minimum absolute atomic E-state index is 0.0922. The molecule has 1 aromatic heterocycles. The van der Waals surface area contributed by atoms with Crippen molar-refractivity contribution in [2.45, 2.75) is 25.9 Å². The molecule has 68 valence electrons. The summed E-state index contributed by atoms with van der Waals surface area (Å²) in [6.07, 6.45) is 3.52. The predicted molar refractivity (Wildman–Crippen MR) is 47.1 cm³/mol. The van der Waals surface area contributed by atoms with E-state index in [1.54, 1.807) is 13.3 Å². The molecule has 0 bridgehead atoms. The highest BCUT2D eigenvalue weighted by molar-refractivity contribution is 5.11. The highest BCUT2D eigenvalue weighted by Gasteiger charge is 2.10. The zero-order valence-electron chi connectivity index (χ0n) is 7.69. The molecule has 0 spiro atoms. The van der Waals surface area contributed by atoms with Crippen LogP contribution in [0.25, 0.3) is 0 Å². The highest BCUT2D eigenvalue weighted by atomic mass is 16.5. The Morgan fingerprint density at radius 1 is 1.58 bits per heavy atom. The molecule has 0 saturated heterocycles. The van der Waals surface area contributed by atoms with Crippen molar-refractivity contribution in [1.82, 2.24) is 9.78 Å². The molecular weight excluding hydrogens is 154 g/mol. The van der Waals surface area contributed by atoms with E-state index in [-0.39, 0.29) is 12.1 Å². The smallest absolute Gasteiger partial charge is 0.156 e. The van der Waals surface area contributed by atoms with Gasteiger partial charge in [-0.05, 0) is 13.8 Å². The molecule has 0 aliphatic carbocycles.